The normalized spacial score (nSPS) is 31.1. The van der Waals surface area contributed by atoms with Gasteiger partial charge in [-0.1, -0.05) is 6.92 Å². The van der Waals surface area contributed by atoms with Gasteiger partial charge >= 0.3 is 0 Å². The van der Waals surface area contributed by atoms with E-state index in [0.717, 1.165) is 19.4 Å². The van der Waals surface area contributed by atoms with Crippen molar-refractivity contribution < 1.29 is 9.47 Å². The van der Waals surface area contributed by atoms with Gasteiger partial charge in [-0.05, 0) is 26.2 Å². The molecule has 1 heterocycles. The molecule has 11 heavy (non-hydrogen) atoms. The van der Waals surface area contributed by atoms with Crippen LogP contribution >= 0.6 is 0 Å². The van der Waals surface area contributed by atoms with E-state index in [-0.39, 0.29) is 5.60 Å². The first-order chi connectivity index (χ1) is 5.33. The minimum Gasteiger partial charge on any atom is -0.378 e. The topological polar surface area (TPSA) is 18.5 Å². The summed E-state index contributed by atoms with van der Waals surface area (Å²) < 4.78 is 10.9. The highest BCUT2D eigenvalue weighted by molar-refractivity contribution is 4.83. The predicted molar refractivity (Wildman–Crippen MR) is 44.4 cm³/mol. The maximum absolute atomic E-state index is 5.64. The van der Waals surface area contributed by atoms with Gasteiger partial charge in [0.05, 0.1) is 12.2 Å². The SMILES string of the molecule is [CH2]COCC1(CC)CCCO1. The second kappa shape index (κ2) is 4.07. The summed E-state index contributed by atoms with van der Waals surface area (Å²) >= 11 is 0. The molecule has 1 aliphatic rings. The van der Waals surface area contributed by atoms with Crippen molar-refractivity contribution in [3.05, 3.63) is 6.92 Å². The fraction of sp³-hybridized carbons (Fsp3) is 0.889. The molecule has 0 bridgehead atoms. The van der Waals surface area contributed by atoms with Crippen LogP contribution in [0.4, 0.5) is 0 Å². The van der Waals surface area contributed by atoms with E-state index >= 15 is 0 Å². The van der Waals surface area contributed by atoms with Crippen molar-refractivity contribution in [1.82, 2.24) is 0 Å². The first kappa shape index (κ1) is 9.01. The van der Waals surface area contributed by atoms with Gasteiger partial charge in [0, 0.05) is 13.2 Å². The quantitative estimate of drug-likeness (QED) is 0.619. The molecule has 1 fully saturated rings. The van der Waals surface area contributed by atoms with Crippen molar-refractivity contribution in [2.24, 2.45) is 0 Å². The van der Waals surface area contributed by atoms with Crippen LogP contribution in [0.3, 0.4) is 0 Å². The molecule has 2 nitrogen and oxygen atoms in total. The summed E-state index contributed by atoms with van der Waals surface area (Å²) in [6.45, 7) is 7.94. The van der Waals surface area contributed by atoms with Crippen molar-refractivity contribution in [3.63, 3.8) is 0 Å². The molecule has 0 aliphatic carbocycles. The molecule has 0 saturated carbocycles. The molecule has 1 unspecified atom stereocenters. The minimum atomic E-state index is 0.0255. The molecule has 0 aromatic heterocycles. The fourth-order valence-corrected chi connectivity index (χ4v) is 1.51. The van der Waals surface area contributed by atoms with Crippen molar-refractivity contribution in [3.8, 4) is 0 Å². The first-order valence-corrected chi connectivity index (χ1v) is 4.34. The number of hydrogen-bond acceptors (Lipinski definition) is 2. The molecule has 2 heteroatoms. The van der Waals surface area contributed by atoms with E-state index in [4.69, 9.17) is 9.47 Å². The average molecular weight is 157 g/mol. The monoisotopic (exact) mass is 157 g/mol. The van der Waals surface area contributed by atoms with Crippen LogP contribution in [-0.4, -0.2) is 25.4 Å². The van der Waals surface area contributed by atoms with E-state index in [1.165, 1.54) is 6.42 Å². The zero-order valence-corrected chi connectivity index (χ0v) is 7.27. The van der Waals surface area contributed by atoms with Gasteiger partial charge in [-0.15, -0.1) is 0 Å². The zero-order chi connectivity index (χ0) is 8.16. The van der Waals surface area contributed by atoms with Gasteiger partial charge in [0.25, 0.3) is 0 Å². The molecule has 0 aromatic carbocycles. The summed E-state index contributed by atoms with van der Waals surface area (Å²) in [5.41, 5.74) is 0.0255. The van der Waals surface area contributed by atoms with Crippen LogP contribution in [0.15, 0.2) is 0 Å². The highest BCUT2D eigenvalue weighted by Crippen LogP contribution is 2.28. The van der Waals surface area contributed by atoms with Gasteiger partial charge in [0.2, 0.25) is 0 Å². The molecule has 1 atom stereocenters. The lowest BCUT2D eigenvalue weighted by molar-refractivity contribution is -0.0605. The summed E-state index contributed by atoms with van der Waals surface area (Å²) in [4.78, 5) is 0. The Labute approximate surface area is 68.9 Å². The molecule has 1 radical (unpaired) electrons. The van der Waals surface area contributed by atoms with Crippen molar-refractivity contribution in [2.45, 2.75) is 31.8 Å². The Hall–Kier alpha value is -0.0800. The second-order valence-corrected chi connectivity index (χ2v) is 3.04. The van der Waals surface area contributed by atoms with Crippen LogP contribution < -0.4 is 0 Å². The number of rotatable bonds is 4. The van der Waals surface area contributed by atoms with Crippen LogP contribution in [0.25, 0.3) is 0 Å². The standard InChI is InChI=1S/C9H17O2/c1-3-9(8-10-4-2)6-5-7-11-9/h2-8H2,1H3. The van der Waals surface area contributed by atoms with Crippen molar-refractivity contribution >= 4 is 0 Å². The van der Waals surface area contributed by atoms with E-state index < -0.39 is 0 Å². The maximum atomic E-state index is 5.64. The van der Waals surface area contributed by atoms with Crippen LogP contribution in [0.2, 0.25) is 0 Å². The molecule has 0 amide bonds. The molecular weight excluding hydrogens is 140 g/mol. The van der Waals surface area contributed by atoms with Crippen molar-refractivity contribution in [1.29, 1.82) is 0 Å². The Bertz CT molecular complexity index is 106. The largest absolute Gasteiger partial charge is 0.378 e. The Morgan fingerprint density at radius 1 is 1.64 bits per heavy atom. The van der Waals surface area contributed by atoms with E-state index in [2.05, 4.69) is 13.8 Å². The van der Waals surface area contributed by atoms with Crippen LogP contribution in [0, 0.1) is 6.92 Å². The summed E-state index contributed by atoms with van der Waals surface area (Å²) in [5, 5.41) is 0. The number of hydrogen-bond donors (Lipinski definition) is 0. The number of ether oxygens (including phenoxy) is 2. The molecule has 1 saturated heterocycles. The molecule has 1 aliphatic heterocycles. The smallest absolute Gasteiger partial charge is 0.0913 e. The Balaban J connectivity index is 2.33. The lowest BCUT2D eigenvalue weighted by atomic mass is 9.98. The van der Waals surface area contributed by atoms with E-state index in [1.54, 1.807) is 0 Å². The van der Waals surface area contributed by atoms with Gasteiger partial charge in [-0.25, -0.2) is 0 Å². The maximum Gasteiger partial charge on any atom is 0.0913 e. The third kappa shape index (κ3) is 2.17. The predicted octanol–water partition coefficient (Wildman–Crippen LogP) is 1.80. The lowest BCUT2D eigenvalue weighted by Crippen LogP contribution is -2.32. The summed E-state index contributed by atoms with van der Waals surface area (Å²) in [5.74, 6) is 0. The van der Waals surface area contributed by atoms with E-state index in [0.29, 0.717) is 13.2 Å². The second-order valence-electron chi connectivity index (χ2n) is 3.04. The van der Waals surface area contributed by atoms with Crippen LogP contribution in [0.1, 0.15) is 26.2 Å². The molecule has 0 aromatic rings. The lowest BCUT2D eigenvalue weighted by Gasteiger charge is -2.26. The molecule has 65 valence electrons. The van der Waals surface area contributed by atoms with E-state index in [9.17, 15) is 0 Å². The highest BCUT2D eigenvalue weighted by Gasteiger charge is 2.33. The summed E-state index contributed by atoms with van der Waals surface area (Å²) in [6, 6.07) is 0. The highest BCUT2D eigenvalue weighted by atomic mass is 16.5. The van der Waals surface area contributed by atoms with Gasteiger partial charge in [0.15, 0.2) is 0 Å². The van der Waals surface area contributed by atoms with Crippen LogP contribution in [-0.2, 0) is 9.47 Å². The third-order valence-corrected chi connectivity index (χ3v) is 2.34. The van der Waals surface area contributed by atoms with Crippen molar-refractivity contribution in [2.75, 3.05) is 19.8 Å². The molecule has 0 N–H and O–H groups in total. The summed E-state index contributed by atoms with van der Waals surface area (Å²) in [6.07, 6.45) is 3.37. The molecule has 0 spiro atoms. The Morgan fingerprint density at radius 2 is 2.45 bits per heavy atom. The first-order valence-electron chi connectivity index (χ1n) is 4.34. The zero-order valence-electron chi connectivity index (χ0n) is 7.27. The average Bonchev–Trinajstić information content (AvgIpc) is 2.50. The summed E-state index contributed by atoms with van der Waals surface area (Å²) in [7, 11) is 0. The Kier molecular flexibility index (Phi) is 3.34. The van der Waals surface area contributed by atoms with Gasteiger partial charge in [-0.3, -0.25) is 0 Å². The van der Waals surface area contributed by atoms with Crippen LogP contribution in [0.5, 0.6) is 0 Å². The fourth-order valence-electron chi connectivity index (χ4n) is 1.51. The molecular formula is C9H17O2. The molecule has 1 rings (SSSR count). The Morgan fingerprint density at radius 3 is 2.91 bits per heavy atom. The van der Waals surface area contributed by atoms with Gasteiger partial charge in [-0.2, -0.15) is 0 Å². The van der Waals surface area contributed by atoms with Gasteiger partial charge in [0.1, 0.15) is 0 Å². The third-order valence-electron chi connectivity index (χ3n) is 2.34. The van der Waals surface area contributed by atoms with E-state index in [1.807, 2.05) is 0 Å². The minimum absolute atomic E-state index is 0.0255. The van der Waals surface area contributed by atoms with Gasteiger partial charge < -0.3 is 9.47 Å².